The van der Waals surface area contributed by atoms with Gasteiger partial charge in [-0.05, 0) is 48.0 Å². The summed E-state index contributed by atoms with van der Waals surface area (Å²) in [6.07, 6.45) is 6.77. The summed E-state index contributed by atoms with van der Waals surface area (Å²) < 4.78 is 5.39. The molecular formula is C25H21ClN4O3S. The molecule has 2 amide bonds. The molecule has 1 aliphatic heterocycles. The Bertz CT molecular complexity index is 1210. The van der Waals surface area contributed by atoms with Gasteiger partial charge < -0.3 is 9.73 Å². The van der Waals surface area contributed by atoms with Gasteiger partial charge >= 0.3 is 0 Å². The molecule has 2 aromatic carbocycles. The smallest absolute Gasteiger partial charge is 0.243 e. The molecule has 1 fully saturated rings. The number of allylic oxidation sites excluding steroid dienone is 1. The fourth-order valence-electron chi connectivity index (χ4n) is 3.17. The molecule has 9 heteroatoms. The predicted octanol–water partition coefficient (Wildman–Crippen LogP) is 5.46. The molecule has 172 valence electrons. The minimum Gasteiger partial charge on any atom is -0.467 e. The summed E-state index contributed by atoms with van der Waals surface area (Å²) in [6, 6.07) is 20.1. The van der Waals surface area contributed by atoms with Crippen LogP contribution in [0.2, 0.25) is 5.02 Å². The Hall–Kier alpha value is -3.62. The third-order valence-electron chi connectivity index (χ3n) is 4.80. The fraction of sp³-hybridized carbons (Fsp3) is 0.120. The first-order chi connectivity index (χ1) is 16.6. The van der Waals surface area contributed by atoms with Gasteiger partial charge in [0, 0.05) is 23.3 Å². The molecule has 0 saturated carbocycles. The molecule has 3 aromatic rings. The lowest BCUT2D eigenvalue weighted by atomic mass is 10.2. The fourth-order valence-corrected chi connectivity index (χ4v) is 4.39. The summed E-state index contributed by atoms with van der Waals surface area (Å²) in [6.45, 7) is 0.211. The van der Waals surface area contributed by atoms with Gasteiger partial charge in [0.15, 0.2) is 5.17 Å². The van der Waals surface area contributed by atoms with Gasteiger partial charge in [-0.1, -0.05) is 59.8 Å². The van der Waals surface area contributed by atoms with Crippen molar-refractivity contribution in [3.8, 4) is 0 Å². The Kier molecular flexibility index (Phi) is 7.95. The van der Waals surface area contributed by atoms with Crippen molar-refractivity contribution in [2.75, 3.05) is 5.32 Å². The highest BCUT2D eigenvalue weighted by Gasteiger charge is 2.39. The summed E-state index contributed by atoms with van der Waals surface area (Å²) in [5.41, 5.74) is 1.65. The standard InChI is InChI=1S/C25H21ClN4O3S/c26-19-10-12-20(13-11-19)28-23(31)16-22-24(32)30(17-21-9-5-15-33-21)25(34-22)29-27-14-4-8-18-6-2-1-3-7-18/h1-15,22H,16-17H2,(H,28,31)/b8-4+,27-14+,29-25+. The molecule has 1 unspecified atom stereocenters. The Morgan fingerprint density at radius 2 is 1.91 bits per heavy atom. The van der Waals surface area contributed by atoms with Crippen molar-refractivity contribution in [2.24, 2.45) is 10.2 Å². The van der Waals surface area contributed by atoms with E-state index in [0.717, 1.165) is 5.56 Å². The van der Waals surface area contributed by atoms with Crippen molar-refractivity contribution >= 4 is 58.3 Å². The van der Waals surface area contributed by atoms with Gasteiger partial charge in [-0.2, -0.15) is 5.10 Å². The van der Waals surface area contributed by atoms with Gasteiger partial charge in [0.05, 0.1) is 12.8 Å². The van der Waals surface area contributed by atoms with Crippen LogP contribution in [0.15, 0.2) is 93.7 Å². The van der Waals surface area contributed by atoms with Crippen molar-refractivity contribution < 1.29 is 14.0 Å². The molecule has 0 spiro atoms. The summed E-state index contributed by atoms with van der Waals surface area (Å²) in [5, 5.41) is 11.5. The zero-order chi connectivity index (χ0) is 23.8. The lowest BCUT2D eigenvalue weighted by Gasteiger charge is -2.14. The summed E-state index contributed by atoms with van der Waals surface area (Å²) >= 11 is 7.09. The quantitative estimate of drug-likeness (QED) is 0.334. The zero-order valence-corrected chi connectivity index (χ0v) is 19.6. The maximum Gasteiger partial charge on any atom is 0.243 e. The van der Waals surface area contributed by atoms with Crippen LogP contribution in [0.3, 0.4) is 0 Å². The molecule has 1 atom stereocenters. The number of halogens is 1. The van der Waals surface area contributed by atoms with E-state index in [4.69, 9.17) is 16.0 Å². The maximum atomic E-state index is 13.1. The molecule has 4 rings (SSSR count). The number of hydrogen-bond donors (Lipinski definition) is 1. The van der Waals surface area contributed by atoms with E-state index in [2.05, 4.69) is 15.5 Å². The van der Waals surface area contributed by atoms with Crippen LogP contribution in [0.5, 0.6) is 0 Å². The number of anilines is 1. The second kappa shape index (κ2) is 11.5. The third-order valence-corrected chi connectivity index (χ3v) is 6.21. The lowest BCUT2D eigenvalue weighted by molar-refractivity contribution is -0.128. The Morgan fingerprint density at radius 1 is 1.12 bits per heavy atom. The summed E-state index contributed by atoms with van der Waals surface area (Å²) in [5.74, 6) is 0.115. The Labute approximate surface area is 206 Å². The van der Waals surface area contributed by atoms with Crippen LogP contribution in [0.4, 0.5) is 5.69 Å². The van der Waals surface area contributed by atoms with Crippen molar-refractivity contribution in [3.05, 3.63) is 95.4 Å². The van der Waals surface area contributed by atoms with E-state index in [0.29, 0.717) is 21.6 Å². The second-order valence-electron chi connectivity index (χ2n) is 7.29. The number of amidine groups is 1. The van der Waals surface area contributed by atoms with E-state index in [-0.39, 0.29) is 24.8 Å². The summed E-state index contributed by atoms with van der Waals surface area (Å²) in [7, 11) is 0. The SMILES string of the molecule is O=C(CC1S/C(=N/N=C/C=C/c2ccccc2)N(Cc2ccco2)C1=O)Nc1ccc(Cl)cc1. The van der Waals surface area contributed by atoms with E-state index in [1.807, 2.05) is 36.4 Å². The predicted molar refractivity (Wildman–Crippen MR) is 137 cm³/mol. The van der Waals surface area contributed by atoms with E-state index in [1.165, 1.54) is 16.7 Å². The first kappa shape index (κ1) is 23.5. The number of hydrogen-bond acceptors (Lipinski definition) is 6. The topological polar surface area (TPSA) is 87.3 Å². The van der Waals surface area contributed by atoms with E-state index >= 15 is 0 Å². The number of nitrogens with zero attached hydrogens (tertiary/aromatic N) is 3. The lowest BCUT2D eigenvalue weighted by Crippen LogP contribution is -2.33. The molecule has 0 bridgehead atoms. The number of thioether (sulfide) groups is 1. The molecule has 1 saturated heterocycles. The molecular weight excluding hydrogens is 472 g/mol. The first-order valence-electron chi connectivity index (χ1n) is 10.5. The van der Waals surface area contributed by atoms with Crippen LogP contribution in [0.25, 0.3) is 6.08 Å². The number of rotatable bonds is 8. The van der Waals surface area contributed by atoms with Gasteiger partial charge in [-0.25, -0.2) is 0 Å². The molecule has 34 heavy (non-hydrogen) atoms. The van der Waals surface area contributed by atoms with Gasteiger partial charge in [-0.3, -0.25) is 14.5 Å². The van der Waals surface area contributed by atoms with Crippen molar-refractivity contribution in [2.45, 2.75) is 18.2 Å². The molecule has 0 aliphatic carbocycles. The van der Waals surface area contributed by atoms with Crippen molar-refractivity contribution in [1.82, 2.24) is 4.90 Å². The zero-order valence-electron chi connectivity index (χ0n) is 18.0. The van der Waals surface area contributed by atoms with Crippen LogP contribution in [0.1, 0.15) is 17.7 Å². The third kappa shape index (κ3) is 6.46. The van der Waals surface area contributed by atoms with E-state index in [9.17, 15) is 9.59 Å². The molecule has 1 N–H and O–H groups in total. The highest BCUT2D eigenvalue weighted by atomic mass is 35.5. The van der Waals surface area contributed by atoms with Crippen LogP contribution in [-0.4, -0.2) is 33.3 Å². The summed E-state index contributed by atoms with van der Waals surface area (Å²) in [4.78, 5) is 27.1. The number of amides is 2. The first-order valence-corrected chi connectivity index (χ1v) is 11.7. The van der Waals surface area contributed by atoms with Gasteiger partial charge in [0.2, 0.25) is 11.8 Å². The van der Waals surface area contributed by atoms with Crippen LogP contribution in [-0.2, 0) is 16.1 Å². The largest absolute Gasteiger partial charge is 0.467 e. The minimum atomic E-state index is -0.615. The normalized spacial score (nSPS) is 17.3. The van der Waals surface area contributed by atoms with Crippen molar-refractivity contribution in [3.63, 3.8) is 0 Å². The van der Waals surface area contributed by atoms with Crippen LogP contribution < -0.4 is 5.32 Å². The Balaban J connectivity index is 1.44. The Morgan fingerprint density at radius 3 is 2.65 bits per heavy atom. The molecule has 2 heterocycles. The molecule has 1 aliphatic rings. The number of furan rings is 1. The number of benzene rings is 2. The second-order valence-corrected chi connectivity index (χ2v) is 8.89. The maximum absolute atomic E-state index is 13.1. The molecule has 7 nitrogen and oxygen atoms in total. The highest BCUT2D eigenvalue weighted by Crippen LogP contribution is 2.31. The van der Waals surface area contributed by atoms with Crippen LogP contribution >= 0.6 is 23.4 Å². The minimum absolute atomic E-state index is 0.00255. The van der Waals surface area contributed by atoms with Gasteiger partial charge in [-0.15, -0.1) is 5.10 Å². The van der Waals surface area contributed by atoms with Gasteiger partial charge in [0.1, 0.15) is 11.0 Å². The average Bonchev–Trinajstić information content (AvgIpc) is 3.45. The number of nitrogens with one attached hydrogen (secondary N) is 1. The van der Waals surface area contributed by atoms with Gasteiger partial charge in [0.25, 0.3) is 0 Å². The molecule has 1 aromatic heterocycles. The van der Waals surface area contributed by atoms with E-state index in [1.54, 1.807) is 55.0 Å². The highest BCUT2D eigenvalue weighted by molar-refractivity contribution is 8.15. The number of carbonyl (C=O) groups excluding carboxylic acids is 2. The average molecular weight is 493 g/mol. The molecule has 0 radical (unpaired) electrons. The monoisotopic (exact) mass is 492 g/mol. The van der Waals surface area contributed by atoms with Crippen LogP contribution in [0, 0.1) is 0 Å². The van der Waals surface area contributed by atoms with E-state index < -0.39 is 5.25 Å². The van der Waals surface area contributed by atoms with Crippen molar-refractivity contribution in [1.29, 1.82) is 0 Å². The number of carbonyl (C=O) groups is 2.